The number of rotatable bonds is 4. The van der Waals surface area contributed by atoms with Gasteiger partial charge in [-0.1, -0.05) is 36.3 Å². The Balaban J connectivity index is 2.49. The van der Waals surface area contributed by atoms with Gasteiger partial charge in [-0.2, -0.15) is 0 Å². The number of nitrogens with zero attached hydrogens (tertiary/aromatic N) is 1. The van der Waals surface area contributed by atoms with E-state index in [9.17, 15) is 4.39 Å². The summed E-state index contributed by atoms with van der Waals surface area (Å²) in [5.41, 5.74) is 0.990. The van der Waals surface area contributed by atoms with Crippen LogP contribution in [0.15, 0.2) is 30.3 Å². The summed E-state index contributed by atoms with van der Waals surface area (Å²) in [5.74, 6) is 2.42. The molecule has 14 heavy (non-hydrogen) atoms. The van der Waals surface area contributed by atoms with Gasteiger partial charge in [-0.3, -0.25) is 4.90 Å². The van der Waals surface area contributed by atoms with Crippen LogP contribution in [0.4, 0.5) is 4.39 Å². The molecule has 0 fully saturated rings. The Bertz CT molecular complexity index is 302. The number of hydrogen-bond acceptors (Lipinski definition) is 1. The molecule has 1 unspecified atom stereocenters. The maximum atomic E-state index is 13.5. The van der Waals surface area contributed by atoms with Crippen molar-refractivity contribution in [3.8, 4) is 12.3 Å². The molecule has 0 amide bonds. The molecule has 74 valence electrons. The van der Waals surface area contributed by atoms with E-state index < -0.39 is 6.30 Å². The highest BCUT2D eigenvalue weighted by Crippen LogP contribution is 2.08. The summed E-state index contributed by atoms with van der Waals surface area (Å²) in [4.78, 5) is 1.52. The molecular formula is C12H14FN. The van der Waals surface area contributed by atoms with Gasteiger partial charge in [0.15, 0.2) is 6.30 Å². The van der Waals surface area contributed by atoms with Crippen molar-refractivity contribution in [3.05, 3.63) is 35.9 Å². The van der Waals surface area contributed by atoms with E-state index in [1.807, 2.05) is 30.3 Å². The van der Waals surface area contributed by atoms with Crippen molar-refractivity contribution in [3.63, 3.8) is 0 Å². The Morgan fingerprint density at radius 1 is 1.43 bits per heavy atom. The Morgan fingerprint density at radius 2 is 2.07 bits per heavy atom. The van der Waals surface area contributed by atoms with Crippen LogP contribution in [0.2, 0.25) is 0 Å². The maximum absolute atomic E-state index is 13.5. The number of benzene rings is 1. The van der Waals surface area contributed by atoms with E-state index in [1.54, 1.807) is 7.05 Å². The molecule has 0 radical (unpaired) electrons. The smallest absolute Gasteiger partial charge is 0.158 e. The zero-order valence-corrected chi connectivity index (χ0v) is 8.28. The molecule has 0 aromatic heterocycles. The van der Waals surface area contributed by atoms with Crippen molar-refractivity contribution in [2.75, 3.05) is 13.6 Å². The van der Waals surface area contributed by atoms with Gasteiger partial charge in [0.2, 0.25) is 0 Å². The maximum Gasteiger partial charge on any atom is 0.158 e. The molecule has 0 bridgehead atoms. The van der Waals surface area contributed by atoms with Crippen LogP contribution in [0.1, 0.15) is 5.56 Å². The topological polar surface area (TPSA) is 3.24 Å². The molecule has 0 N–H and O–H groups in total. The summed E-state index contributed by atoms with van der Waals surface area (Å²) in [7, 11) is 1.69. The minimum Gasteiger partial charge on any atom is -0.266 e. The van der Waals surface area contributed by atoms with Crippen LogP contribution in [0.3, 0.4) is 0 Å². The summed E-state index contributed by atoms with van der Waals surface area (Å²) < 4.78 is 13.5. The van der Waals surface area contributed by atoms with Gasteiger partial charge in [0.05, 0.1) is 6.54 Å². The van der Waals surface area contributed by atoms with Crippen LogP contribution in [-0.2, 0) is 6.42 Å². The highest BCUT2D eigenvalue weighted by molar-refractivity contribution is 5.15. The number of likely N-dealkylation sites (N-methyl/N-ethyl adjacent to an activating group) is 1. The molecule has 1 aromatic rings. The van der Waals surface area contributed by atoms with Gasteiger partial charge in [-0.05, 0) is 12.6 Å². The van der Waals surface area contributed by atoms with Crippen molar-refractivity contribution in [2.24, 2.45) is 0 Å². The molecule has 1 atom stereocenters. The molecule has 1 aromatic carbocycles. The molecule has 1 rings (SSSR count). The van der Waals surface area contributed by atoms with Gasteiger partial charge in [-0.15, -0.1) is 6.42 Å². The standard InChI is InChI=1S/C12H14FN/c1-3-9-14(2)12(13)10-11-7-5-4-6-8-11/h1,4-8,12H,9-10H2,2H3. The van der Waals surface area contributed by atoms with Gasteiger partial charge < -0.3 is 0 Å². The summed E-state index contributed by atoms with van der Waals surface area (Å²) in [5, 5.41) is 0. The van der Waals surface area contributed by atoms with E-state index in [2.05, 4.69) is 5.92 Å². The van der Waals surface area contributed by atoms with E-state index in [0.29, 0.717) is 13.0 Å². The van der Waals surface area contributed by atoms with Crippen LogP contribution < -0.4 is 0 Å². The monoisotopic (exact) mass is 191 g/mol. The lowest BCUT2D eigenvalue weighted by atomic mass is 10.1. The fourth-order valence-corrected chi connectivity index (χ4v) is 1.21. The molecule has 0 saturated carbocycles. The quantitative estimate of drug-likeness (QED) is 0.520. The average Bonchev–Trinajstić information content (AvgIpc) is 2.19. The van der Waals surface area contributed by atoms with Gasteiger partial charge in [-0.25, -0.2) is 4.39 Å². The summed E-state index contributed by atoms with van der Waals surface area (Å²) >= 11 is 0. The minimum atomic E-state index is -1.01. The van der Waals surface area contributed by atoms with Crippen molar-refractivity contribution in [2.45, 2.75) is 12.7 Å². The lowest BCUT2D eigenvalue weighted by Crippen LogP contribution is -2.29. The molecule has 1 nitrogen and oxygen atoms in total. The van der Waals surface area contributed by atoms with E-state index >= 15 is 0 Å². The molecule has 0 aliphatic heterocycles. The first-order valence-electron chi connectivity index (χ1n) is 4.55. The second kappa shape index (κ2) is 5.41. The van der Waals surface area contributed by atoms with E-state index in [0.717, 1.165) is 5.56 Å². The number of halogens is 1. The first-order chi connectivity index (χ1) is 6.74. The third-order valence-corrected chi connectivity index (χ3v) is 2.07. The first-order valence-corrected chi connectivity index (χ1v) is 4.55. The second-order valence-electron chi connectivity index (χ2n) is 3.24. The first kappa shape index (κ1) is 10.7. The van der Waals surface area contributed by atoms with Crippen molar-refractivity contribution in [1.82, 2.24) is 4.90 Å². The summed E-state index contributed by atoms with van der Waals surface area (Å²) in [6.45, 7) is 0.341. The second-order valence-corrected chi connectivity index (χ2v) is 3.24. The summed E-state index contributed by atoms with van der Waals surface area (Å²) in [6.07, 6.45) is 4.48. The van der Waals surface area contributed by atoms with Gasteiger partial charge >= 0.3 is 0 Å². The fraction of sp³-hybridized carbons (Fsp3) is 0.333. The molecule has 0 spiro atoms. The van der Waals surface area contributed by atoms with Gasteiger partial charge in [0.25, 0.3) is 0 Å². The fourth-order valence-electron chi connectivity index (χ4n) is 1.21. The van der Waals surface area contributed by atoms with E-state index in [-0.39, 0.29) is 0 Å². The lowest BCUT2D eigenvalue weighted by molar-refractivity contribution is 0.125. The van der Waals surface area contributed by atoms with Crippen LogP contribution >= 0.6 is 0 Å². The average molecular weight is 191 g/mol. The number of terminal acetylenes is 1. The molecule has 0 heterocycles. The van der Waals surface area contributed by atoms with Crippen molar-refractivity contribution in [1.29, 1.82) is 0 Å². The van der Waals surface area contributed by atoms with Crippen LogP contribution in [0, 0.1) is 12.3 Å². The number of hydrogen-bond donors (Lipinski definition) is 0. The Labute approximate surface area is 84.5 Å². The Kier molecular flexibility index (Phi) is 4.15. The molecule has 2 heteroatoms. The zero-order valence-electron chi connectivity index (χ0n) is 8.28. The Morgan fingerprint density at radius 3 is 2.64 bits per heavy atom. The highest BCUT2D eigenvalue weighted by Gasteiger charge is 2.11. The molecular weight excluding hydrogens is 177 g/mol. The van der Waals surface area contributed by atoms with Crippen LogP contribution in [-0.4, -0.2) is 24.8 Å². The Hall–Kier alpha value is -1.33. The minimum absolute atomic E-state index is 0.341. The largest absolute Gasteiger partial charge is 0.266 e. The molecule has 0 aliphatic carbocycles. The van der Waals surface area contributed by atoms with Crippen LogP contribution in [0.5, 0.6) is 0 Å². The third kappa shape index (κ3) is 3.20. The summed E-state index contributed by atoms with van der Waals surface area (Å²) in [6, 6.07) is 9.56. The molecule has 0 aliphatic rings. The SMILES string of the molecule is C#CCN(C)C(F)Cc1ccccc1. The lowest BCUT2D eigenvalue weighted by Gasteiger charge is -2.18. The highest BCUT2D eigenvalue weighted by atomic mass is 19.1. The van der Waals surface area contributed by atoms with Crippen molar-refractivity contribution >= 4 is 0 Å². The predicted octanol–water partition coefficient (Wildman–Crippen LogP) is 2.09. The van der Waals surface area contributed by atoms with Gasteiger partial charge in [0.1, 0.15) is 0 Å². The van der Waals surface area contributed by atoms with Crippen molar-refractivity contribution < 1.29 is 4.39 Å². The van der Waals surface area contributed by atoms with E-state index in [1.165, 1.54) is 4.90 Å². The third-order valence-electron chi connectivity index (χ3n) is 2.07. The van der Waals surface area contributed by atoms with Gasteiger partial charge in [0, 0.05) is 6.42 Å². The van der Waals surface area contributed by atoms with Crippen LogP contribution in [0.25, 0.3) is 0 Å². The van der Waals surface area contributed by atoms with E-state index in [4.69, 9.17) is 6.42 Å². The molecule has 0 saturated heterocycles. The predicted molar refractivity (Wildman–Crippen MR) is 56.5 cm³/mol. The number of alkyl halides is 1. The zero-order chi connectivity index (χ0) is 10.4. The normalized spacial score (nSPS) is 12.4.